The summed E-state index contributed by atoms with van der Waals surface area (Å²) in [5.74, 6) is -11.3. The highest BCUT2D eigenvalue weighted by molar-refractivity contribution is 5.23. The minimum Gasteiger partial charge on any atom is -0.196 e. The lowest BCUT2D eigenvalue weighted by Gasteiger charge is -2.16. The monoisotopic (exact) mass is 156 g/mol. The van der Waals surface area contributed by atoms with Gasteiger partial charge in [0, 0.05) is 6.08 Å². The van der Waals surface area contributed by atoms with Crippen molar-refractivity contribution in [2.24, 2.45) is 0 Å². The Kier molecular flexibility index (Phi) is 1.17. The van der Waals surface area contributed by atoms with Crippen LogP contribution in [0.1, 0.15) is 0 Å². The molecule has 0 bridgehead atoms. The van der Waals surface area contributed by atoms with E-state index in [0.29, 0.717) is 0 Å². The third kappa shape index (κ3) is 0.671. The van der Waals surface area contributed by atoms with Gasteiger partial charge in [0.15, 0.2) is 0 Å². The number of alkyl halides is 4. The summed E-state index contributed by atoms with van der Waals surface area (Å²) in [4.78, 5) is 0. The molecule has 0 spiro atoms. The van der Waals surface area contributed by atoms with Crippen LogP contribution in [-0.2, 0) is 0 Å². The van der Waals surface area contributed by atoms with Gasteiger partial charge in [-0.25, -0.2) is 0 Å². The summed E-state index contributed by atoms with van der Waals surface area (Å²) in [5, 5.41) is 0. The summed E-state index contributed by atoms with van der Waals surface area (Å²) in [7, 11) is 0. The van der Waals surface area contributed by atoms with Gasteiger partial charge in [0.1, 0.15) is 0 Å². The highest BCUT2D eigenvalue weighted by Gasteiger charge is 2.61. The molecule has 0 amide bonds. The lowest BCUT2D eigenvalue weighted by atomic mass is 10.2. The third-order valence-corrected chi connectivity index (χ3v) is 1.07. The molecular formula is C5HF5. The molecule has 0 nitrogen and oxygen atoms in total. The second kappa shape index (κ2) is 1.61. The van der Waals surface area contributed by atoms with Crippen molar-refractivity contribution in [3.63, 3.8) is 0 Å². The molecule has 0 atom stereocenters. The standard InChI is InChI=1S/C5HF5/c6-3-1-2-4(7,8)5(3,9)10/h2H. The Morgan fingerprint density at radius 2 is 1.70 bits per heavy atom. The van der Waals surface area contributed by atoms with Gasteiger partial charge in [0.2, 0.25) is 5.83 Å². The van der Waals surface area contributed by atoms with Crippen molar-refractivity contribution in [1.29, 1.82) is 0 Å². The van der Waals surface area contributed by atoms with Gasteiger partial charge in [-0.05, 0) is 0 Å². The molecule has 0 fully saturated rings. The average molecular weight is 156 g/mol. The zero-order valence-electron chi connectivity index (χ0n) is 4.47. The topological polar surface area (TPSA) is 0 Å². The van der Waals surface area contributed by atoms with Crippen molar-refractivity contribution in [3.05, 3.63) is 17.6 Å². The largest absolute Gasteiger partial charge is 0.372 e. The lowest BCUT2D eigenvalue weighted by Crippen LogP contribution is -2.36. The fraction of sp³-hybridized carbons (Fsp3) is 0.400. The van der Waals surface area contributed by atoms with Gasteiger partial charge in [-0.1, -0.05) is 5.73 Å². The SMILES string of the molecule is FC1=C=CC(F)(F)C1(F)F. The Bertz CT molecular complexity index is 220. The zero-order valence-corrected chi connectivity index (χ0v) is 4.47. The first-order valence-electron chi connectivity index (χ1n) is 2.27. The van der Waals surface area contributed by atoms with E-state index in [9.17, 15) is 22.0 Å². The second-order valence-electron chi connectivity index (χ2n) is 1.80. The van der Waals surface area contributed by atoms with E-state index >= 15 is 0 Å². The van der Waals surface area contributed by atoms with Gasteiger partial charge in [0.25, 0.3) is 0 Å². The van der Waals surface area contributed by atoms with Crippen LogP contribution in [0, 0.1) is 0 Å². The van der Waals surface area contributed by atoms with E-state index < -0.39 is 17.7 Å². The van der Waals surface area contributed by atoms with Gasteiger partial charge in [-0.3, -0.25) is 0 Å². The molecule has 0 saturated carbocycles. The molecular weight excluding hydrogens is 155 g/mol. The molecule has 0 aliphatic heterocycles. The molecule has 56 valence electrons. The van der Waals surface area contributed by atoms with E-state index in [0.717, 1.165) is 5.73 Å². The predicted molar refractivity (Wildman–Crippen MR) is 22.6 cm³/mol. The first kappa shape index (κ1) is 7.28. The van der Waals surface area contributed by atoms with Crippen LogP contribution >= 0.6 is 0 Å². The smallest absolute Gasteiger partial charge is 0.196 e. The molecule has 0 aromatic carbocycles. The molecule has 1 aliphatic carbocycles. The van der Waals surface area contributed by atoms with E-state index in [1.807, 2.05) is 0 Å². The van der Waals surface area contributed by atoms with Crippen molar-refractivity contribution in [2.45, 2.75) is 11.8 Å². The Morgan fingerprint density at radius 3 is 1.80 bits per heavy atom. The molecule has 0 saturated heterocycles. The van der Waals surface area contributed by atoms with Crippen LogP contribution < -0.4 is 0 Å². The third-order valence-electron chi connectivity index (χ3n) is 1.07. The van der Waals surface area contributed by atoms with E-state index in [-0.39, 0.29) is 6.08 Å². The number of halogens is 5. The van der Waals surface area contributed by atoms with Gasteiger partial charge < -0.3 is 0 Å². The summed E-state index contributed by atoms with van der Waals surface area (Å²) < 4.78 is 59.1. The predicted octanol–water partition coefficient (Wildman–Crippen LogP) is 2.28. The van der Waals surface area contributed by atoms with Gasteiger partial charge in [-0.15, -0.1) is 0 Å². The molecule has 0 N–H and O–H groups in total. The zero-order chi connectivity index (χ0) is 7.99. The molecule has 0 heterocycles. The molecule has 1 aliphatic rings. The Balaban J connectivity index is 3.06. The van der Waals surface area contributed by atoms with Crippen LogP contribution in [0.3, 0.4) is 0 Å². The van der Waals surface area contributed by atoms with E-state index in [4.69, 9.17) is 0 Å². The van der Waals surface area contributed by atoms with Crippen LogP contribution in [0.4, 0.5) is 22.0 Å². The van der Waals surface area contributed by atoms with Crippen LogP contribution in [0.15, 0.2) is 17.6 Å². The maximum absolute atomic E-state index is 11.9. The van der Waals surface area contributed by atoms with Crippen molar-refractivity contribution in [3.8, 4) is 0 Å². The van der Waals surface area contributed by atoms with Crippen LogP contribution in [0.25, 0.3) is 0 Å². The van der Waals surface area contributed by atoms with Crippen LogP contribution in [0.5, 0.6) is 0 Å². The molecule has 10 heavy (non-hydrogen) atoms. The quantitative estimate of drug-likeness (QED) is 0.372. The summed E-state index contributed by atoms with van der Waals surface area (Å²) in [5.41, 5.74) is 1.12. The van der Waals surface area contributed by atoms with Crippen molar-refractivity contribution in [1.82, 2.24) is 0 Å². The number of hydrogen-bond donors (Lipinski definition) is 0. The number of hydrogen-bond acceptors (Lipinski definition) is 0. The van der Waals surface area contributed by atoms with Crippen molar-refractivity contribution < 1.29 is 22.0 Å². The van der Waals surface area contributed by atoms with Gasteiger partial charge in [0.05, 0.1) is 0 Å². The van der Waals surface area contributed by atoms with Gasteiger partial charge in [-0.2, -0.15) is 22.0 Å². The fourth-order valence-electron chi connectivity index (χ4n) is 0.482. The second-order valence-corrected chi connectivity index (χ2v) is 1.80. The fourth-order valence-corrected chi connectivity index (χ4v) is 0.482. The van der Waals surface area contributed by atoms with E-state index in [1.54, 1.807) is 0 Å². The van der Waals surface area contributed by atoms with E-state index in [2.05, 4.69) is 0 Å². The summed E-state index contributed by atoms with van der Waals surface area (Å²) in [6.45, 7) is 0. The summed E-state index contributed by atoms with van der Waals surface area (Å²) >= 11 is 0. The minimum absolute atomic E-state index is 0.275. The number of rotatable bonds is 0. The Morgan fingerprint density at radius 1 is 1.20 bits per heavy atom. The summed E-state index contributed by atoms with van der Waals surface area (Å²) in [6.07, 6.45) is -0.275. The highest BCUT2D eigenvalue weighted by Crippen LogP contribution is 2.44. The molecule has 5 heteroatoms. The van der Waals surface area contributed by atoms with E-state index in [1.165, 1.54) is 0 Å². The number of allylic oxidation sites excluding steroid dienone is 1. The summed E-state index contributed by atoms with van der Waals surface area (Å²) in [6, 6.07) is 0. The Labute approximate surface area is 52.6 Å². The molecule has 0 aromatic rings. The first-order valence-corrected chi connectivity index (χ1v) is 2.27. The minimum atomic E-state index is -4.70. The maximum atomic E-state index is 11.9. The molecule has 0 aromatic heterocycles. The molecule has 1 rings (SSSR count). The Hall–Kier alpha value is -0.830. The average Bonchev–Trinajstić information content (AvgIpc) is 1.94. The normalized spacial score (nSPS) is 26.7. The van der Waals surface area contributed by atoms with Crippen LogP contribution in [0.2, 0.25) is 0 Å². The van der Waals surface area contributed by atoms with Crippen LogP contribution in [-0.4, -0.2) is 11.8 Å². The van der Waals surface area contributed by atoms with Gasteiger partial charge >= 0.3 is 11.8 Å². The van der Waals surface area contributed by atoms with Crippen molar-refractivity contribution in [2.75, 3.05) is 0 Å². The van der Waals surface area contributed by atoms with Crippen molar-refractivity contribution >= 4 is 0 Å². The molecule has 0 unspecified atom stereocenters. The molecule has 0 radical (unpaired) electrons. The highest BCUT2D eigenvalue weighted by atomic mass is 19.3. The first-order chi connectivity index (χ1) is 4.38. The lowest BCUT2D eigenvalue weighted by molar-refractivity contribution is -0.158. The maximum Gasteiger partial charge on any atom is 0.372 e.